The maximum absolute atomic E-state index is 11.8. The summed E-state index contributed by atoms with van der Waals surface area (Å²) >= 11 is 0. The van der Waals surface area contributed by atoms with Crippen molar-refractivity contribution in [1.29, 1.82) is 0 Å². The van der Waals surface area contributed by atoms with Gasteiger partial charge in [-0.05, 0) is 51.9 Å². The van der Waals surface area contributed by atoms with Crippen molar-refractivity contribution >= 4 is 5.97 Å². The van der Waals surface area contributed by atoms with Gasteiger partial charge in [-0.3, -0.25) is 0 Å². The van der Waals surface area contributed by atoms with Gasteiger partial charge in [0.2, 0.25) is 0 Å². The van der Waals surface area contributed by atoms with Crippen LogP contribution in [0.3, 0.4) is 0 Å². The molecule has 4 unspecified atom stereocenters. The zero-order chi connectivity index (χ0) is 16.9. The molecule has 0 spiro atoms. The minimum atomic E-state index is -0.546. The predicted molar refractivity (Wildman–Crippen MR) is 90.4 cm³/mol. The molecule has 1 N–H and O–H groups in total. The van der Waals surface area contributed by atoms with Crippen molar-refractivity contribution in [2.75, 3.05) is 6.61 Å². The van der Waals surface area contributed by atoms with Crippen LogP contribution in [0.5, 0.6) is 0 Å². The Kier molecular flexibility index (Phi) is 4.04. The van der Waals surface area contributed by atoms with E-state index in [4.69, 9.17) is 14.6 Å². The summed E-state index contributed by atoms with van der Waals surface area (Å²) in [6, 6.07) is 0. The Hall–Kier alpha value is -0.870. The number of allylic oxidation sites excluding steroid dienone is 1. The number of fused-ring (bicyclic) bond motifs is 4. The highest BCUT2D eigenvalue weighted by atomic mass is 16.6. The Balaban J connectivity index is 1.70. The molecule has 4 rings (SSSR count). The highest BCUT2D eigenvalue weighted by Crippen LogP contribution is 2.62. The van der Waals surface area contributed by atoms with E-state index in [0.717, 1.165) is 25.7 Å². The van der Waals surface area contributed by atoms with Gasteiger partial charge in [-0.15, -0.1) is 0 Å². The standard InChI is InChI=1S/C20H30O4/c1-13-8-9-16-15(13)10-20(14-6-4-3-5-7-14)11-17(19(16,2)24-20)23-18(22)12-21/h14,16-17,21H,3-12H2,1-2H3. The Bertz CT molecular complexity index is 562. The minimum absolute atomic E-state index is 0.160. The number of carbonyl (C=O) groups excluding carboxylic acids is 1. The van der Waals surface area contributed by atoms with Gasteiger partial charge in [0.05, 0.1) is 5.60 Å². The lowest BCUT2D eigenvalue weighted by molar-refractivity contribution is -0.191. The quantitative estimate of drug-likeness (QED) is 0.634. The third-order valence-corrected chi connectivity index (χ3v) is 7.30. The number of esters is 1. The molecule has 1 saturated carbocycles. The zero-order valence-corrected chi connectivity index (χ0v) is 15.0. The summed E-state index contributed by atoms with van der Waals surface area (Å²) in [7, 11) is 0. The van der Waals surface area contributed by atoms with E-state index in [1.165, 1.54) is 37.7 Å². The molecule has 0 aromatic carbocycles. The largest absolute Gasteiger partial charge is 0.457 e. The van der Waals surface area contributed by atoms with Crippen molar-refractivity contribution in [2.45, 2.75) is 88.9 Å². The highest BCUT2D eigenvalue weighted by molar-refractivity contribution is 5.70. The molecule has 0 aromatic heterocycles. The molecule has 0 radical (unpaired) electrons. The topological polar surface area (TPSA) is 55.8 Å². The third-order valence-electron chi connectivity index (χ3n) is 7.30. The van der Waals surface area contributed by atoms with E-state index in [9.17, 15) is 4.79 Å². The van der Waals surface area contributed by atoms with Crippen LogP contribution < -0.4 is 0 Å². The molecule has 4 heteroatoms. The number of carbonyl (C=O) groups is 1. The summed E-state index contributed by atoms with van der Waals surface area (Å²) in [5, 5.41) is 9.14. The summed E-state index contributed by atoms with van der Waals surface area (Å²) < 4.78 is 12.5. The van der Waals surface area contributed by atoms with E-state index in [2.05, 4.69) is 13.8 Å². The summed E-state index contributed by atoms with van der Waals surface area (Å²) in [4.78, 5) is 11.8. The highest BCUT2D eigenvalue weighted by Gasteiger charge is 2.65. The summed E-state index contributed by atoms with van der Waals surface area (Å²) in [5.41, 5.74) is 2.53. The Morgan fingerprint density at radius 1 is 1.29 bits per heavy atom. The molecule has 0 amide bonds. The van der Waals surface area contributed by atoms with Gasteiger partial charge < -0.3 is 14.6 Å². The average Bonchev–Trinajstić information content (AvgIpc) is 3.07. The Morgan fingerprint density at radius 2 is 2.04 bits per heavy atom. The molecule has 2 bridgehead atoms. The lowest BCUT2D eigenvalue weighted by Gasteiger charge is -2.48. The summed E-state index contributed by atoms with van der Waals surface area (Å²) in [6.45, 7) is 3.87. The van der Waals surface area contributed by atoms with Crippen molar-refractivity contribution in [3.05, 3.63) is 11.1 Å². The maximum Gasteiger partial charge on any atom is 0.332 e. The third kappa shape index (κ3) is 2.37. The van der Waals surface area contributed by atoms with E-state index < -0.39 is 18.2 Å². The second-order valence-corrected chi connectivity index (χ2v) is 8.60. The SMILES string of the molecule is CC1=C2CC3(C4CCCCC4)CC(OC(=O)CO)C(C)(O3)C2CC1. The van der Waals surface area contributed by atoms with Crippen LogP contribution in [0.4, 0.5) is 0 Å². The molecule has 2 saturated heterocycles. The monoisotopic (exact) mass is 334 g/mol. The first-order valence-electron chi connectivity index (χ1n) is 9.67. The van der Waals surface area contributed by atoms with E-state index >= 15 is 0 Å². The molecular formula is C20H30O4. The van der Waals surface area contributed by atoms with E-state index in [1.807, 2.05) is 0 Å². The second-order valence-electron chi connectivity index (χ2n) is 8.60. The molecular weight excluding hydrogens is 304 g/mol. The van der Waals surface area contributed by atoms with Gasteiger partial charge >= 0.3 is 5.97 Å². The molecule has 4 atom stereocenters. The first-order chi connectivity index (χ1) is 11.5. The average molecular weight is 334 g/mol. The molecule has 2 heterocycles. The van der Waals surface area contributed by atoms with Gasteiger partial charge in [0.1, 0.15) is 18.3 Å². The van der Waals surface area contributed by atoms with Crippen molar-refractivity contribution in [1.82, 2.24) is 0 Å². The molecule has 2 aliphatic carbocycles. The van der Waals surface area contributed by atoms with Crippen LogP contribution in [0.25, 0.3) is 0 Å². The van der Waals surface area contributed by atoms with Crippen molar-refractivity contribution < 1.29 is 19.4 Å². The minimum Gasteiger partial charge on any atom is -0.457 e. The van der Waals surface area contributed by atoms with Crippen molar-refractivity contribution in [3.63, 3.8) is 0 Å². The van der Waals surface area contributed by atoms with E-state index in [1.54, 1.807) is 5.57 Å². The van der Waals surface area contributed by atoms with Crippen LogP contribution in [0.15, 0.2) is 11.1 Å². The first-order valence-corrected chi connectivity index (χ1v) is 9.67. The number of rotatable bonds is 3. The predicted octanol–water partition coefficient (Wildman–Crippen LogP) is 3.52. The molecule has 4 aliphatic rings. The Morgan fingerprint density at radius 3 is 2.75 bits per heavy atom. The van der Waals surface area contributed by atoms with Gasteiger partial charge in [-0.2, -0.15) is 0 Å². The Labute approximate surface area is 144 Å². The molecule has 2 aliphatic heterocycles. The molecule has 4 nitrogen and oxygen atoms in total. The van der Waals surface area contributed by atoms with Gasteiger partial charge in [-0.1, -0.05) is 30.4 Å². The number of hydrogen-bond acceptors (Lipinski definition) is 4. The van der Waals surface area contributed by atoms with Gasteiger partial charge in [-0.25, -0.2) is 4.79 Å². The fourth-order valence-electron chi connectivity index (χ4n) is 6.07. The molecule has 0 aromatic rings. The zero-order valence-electron chi connectivity index (χ0n) is 15.0. The molecule has 134 valence electrons. The molecule has 24 heavy (non-hydrogen) atoms. The second kappa shape index (κ2) is 5.84. The number of aliphatic hydroxyl groups is 1. The van der Waals surface area contributed by atoms with Crippen LogP contribution in [-0.2, 0) is 14.3 Å². The number of ether oxygens (including phenoxy) is 2. The van der Waals surface area contributed by atoms with Gasteiger partial charge in [0.15, 0.2) is 0 Å². The van der Waals surface area contributed by atoms with Crippen LogP contribution in [-0.4, -0.2) is 35.0 Å². The first kappa shape index (κ1) is 16.6. The molecule has 3 fully saturated rings. The maximum atomic E-state index is 11.8. The van der Waals surface area contributed by atoms with Crippen molar-refractivity contribution in [2.24, 2.45) is 11.8 Å². The van der Waals surface area contributed by atoms with Crippen LogP contribution in [0.2, 0.25) is 0 Å². The number of hydrogen-bond donors (Lipinski definition) is 1. The lowest BCUT2D eigenvalue weighted by Crippen LogP contribution is -2.51. The lowest BCUT2D eigenvalue weighted by atomic mass is 9.71. The van der Waals surface area contributed by atoms with Crippen molar-refractivity contribution in [3.8, 4) is 0 Å². The normalized spacial score (nSPS) is 42.3. The van der Waals surface area contributed by atoms with Gasteiger partial charge in [0.25, 0.3) is 0 Å². The van der Waals surface area contributed by atoms with E-state index in [-0.39, 0.29) is 11.7 Å². The smallest absolute Gasteiger partial charge is 0.332 e. The number of aliphatic hydroxyl groups excluding tert-OH is 1. The summed E-state index contributed by atoms with van der Waals surface area (Å²) in [6.07, 6.45) is 10.2. The fraction of sp³-hybridized carbons (Fsp3) is 0.850. The summed E-state index contributed by atoms with van der Waals surface area (Å²) in [5.74, 6) is 0.426. The van der Waals surface area contributed by atoms with Crippen LogP contribution >= 0.6 is 0 Å². The fourth-order valence-corrected chi connectivity index (χ4v) is 6.07. The van der Waals surface area contributed by atoms with Crippen LogP contribution in [0.1, 0.15) is 71.6 Å². The van der Waals surface area contributed by atoms with Gasteiger partial charge in [0, 0.05) is 12.3 Å². The van der Waals surface area contributed by atoms with E-state index in [0.29, 0.717) is 11.8 Å². The van der Waals surface area contributed by atoms with Crippen LogP contribution in [0, 0.1) is 11.8 Å².